The molecule has 1 atom stereocenters. The highest BCUT2D eigenvalue weighted by Crippen LogP contribution is 2.42. The highest BCUT2D eigenvalue weighted by Gasteiger charge is 2.48. The summed E-state index contributed by atoms with van der Waals surface area (Å²) in [5.41, 5.74) is 1.99. The lowest BCUT2D eigenvalue weighted by atomic mass is 9.99. The van der Waals surface area contributed by atoms with Crippen molar-refractivity contribution in [2.45, 2.75) is 26.3 Å². The molecule has 2 aromatic carbocycles. The van der Waals surface area contributed by atoms with Gasteiger partial charge in [0.1, 0.15) is 23.3 Å². The van der Waals surface area contributed by atoms with Crippen LogP contribution >= 0.6 is 0 Å². The minimum Gasteiger partial charge on any atom is -0.507 e. The number of amides is 1. The van der Waals surface area contributed by atoms with Gasteiger partial charge in [-0.2, -0.15) is 0 Å². The number of hydrogen-bond acceptors (Lipinski definition) is 5. The molecule has 4 rings (SSSR count). The molecular formula is C25H23NO5. The van der Waals surface area contributed by atoms with Crippen molar-refractivity contribution in [1.29, 1.82) is 0 Å². The fourth-order valence-electron chi connectivity index (χ4n) is 3.60. The molecule has 1 aliphatic rings. The molecule has 1 unspecified atom stereocenters. The average molecular weight is 417 g/mol. The third-order valence-corrected chi connectivity index (χ3v) is 5.17. The topological polar surface area (TPSA) is 80.0 Å². The number of benzene rings is 2. The largest absolute Gasteiger partial charge is 0.507 e. The number of aryl methyl sites for hydroxylation is 1. The molecule has 1 aromatic heterocycles. The van der Waals surface area contributed by atoms with Crippen molar-refractivity contribution in [3.63, 3.8) is 0 Å². The van der Waals surface area contributed by atoms with Crippen molar-refractivity contribution in [3.05, 3.63) is 89.4 Å². The van der Waals surface area contributed by atoms with Gasteiger partial charge in [0, 0.05) is 11.3 Å². The van der Waals surface area contributed by atoms with Crippen molar-refractivity contribution < 1.29 is 23.8 Å². The summed E-state index contributed by atoms with van der Waals surface area (Å²) in [5.74, 6) is -0.665. The van der Waals surface area contributed by atoms with Gasteiger partial charge < -0.3 is 14.3 Å². The second-order valence-electron chi connectivity index (χ2n) is 7.39. The van der Waals surface area contributed by atoms with Gasteiger partial charge in [0.15, 0.2) is 0 Å². The molecule has 3 aromatic rings. The van der Waals surface area contributed by atoms with E-state index in [-0.39, 0.29) is 11.3 Å². The normalized spacial score (nSPS) is 17.9. The Kier molecular flexibility index (Phi) is 5.62. The number of anilines is 1. The van der Waals surface area contributed by atoms with E-state index in [4.69, 9.17) is 9.15 Å². The maximum absolute atomic E-state index is 13.0. The molecule has 0 saturated carbocycles. The molecule has 158 valence electrons. The van der Waals surface area contributed by atoms with E-state index in [2.05, 4.69) is 0 Å². The molecule has 0 aliphatic carbocycles. The maximum atomic E-state index is 13.0. The Morgan fingerprint density at radius 1 is 1.06 bits per heavy atom. The quantitative estimate of drug-likeness (QED) is 0.347. The van der Waals surface area contributed by atoms with Crippen molar-refractivity contribution in [2.75, 3.05) is 11.5 Å². The zero-order valence-electron chi connectivity index (χ0n) is 17.4. The molecule has 1 saturated heterocycles. The van der Waals surface area contributed by atoms with Gasteiger partial charge in [0.2, 0.25) is 0 Å². The summed E-state index contributed by atoms with van der Waals surface area (Å²) in [4.78, 5) is 27.4. The second kappa shape index (κ2) is 8.52. The molecule has 1 aliphatic heterocycles. The van der Waals surface area contributed by atoms with Crippen LogP contribution in [0.5, 0.6) is 5.75 Å². The number of aliphatic hydroxyl groups is 1. The van der Waals surface area contributed by atoms with Crippen molar-refractivity contribution >= 4 is 23.1 Å². The van der Waals surface area contributed by atoms with Gasteiger partial charge in [-0.3, -0.25) is 14.5 Å². The first-order chi connectivity index (χ1) is 15.0. The van der Waals surface area contributed by atoms with Crippen LogP contribution in [0.15, 0.2) is 76.9 Å². The number of nitrogens with zero attached hydrogens (tertiary/aromatic N) is 1. The number of rotatable bonds is 6. The van der Waals surface area contributed by atoms with E-state index < -0.39 is 17.7 Å². The summed E-state index contributed by atoms with van der Waals surface area (Å²) in [5, 5.41) is 11.1. The summed E-state index contributed by atoms with van der Waals surface area (Å²) in [6.07, 6.45) is 2.36. The molecule has 6 nitrogen and oxygen atoms in total. The molecule has 0 bridgehead atoms. The molecule has 31 heavy (non-hydrogen) atoms. The lowest BCUT2D eigenvalue weighted by Gasteiger charge is -2.23. The first kappa shape index (κ1) is 20.5. The number of hydrogen-bond donors (Lipinski definition) is 1. The summed E-state index contributed by atoms with van der Waals surface area (Å²) >= 11 is 0. The zero-order valence-corrected chi connectivity index (χ0v) is 17.4. The minimum absolute atomic E-state index is 0.0113. The van der Waals surface area contributed by atoms with E-state index in [1.807, 2.05) is 26.0 Å². The summed E-state index contributed by atoms with van der Waals surface area (Å²) in [7, 11) is 0. The molecule has 2 heterocycles. The summed E-state index contributed by atoms with van der Waals surface area (Å²) in [6, 6.07) is 16.6. The highest BCUT2D eigenvalue weighted by molar-refractivity contribution is 6.51. The Balaban J connectivity index is 1.80. The Bertz CT molecular complexity index is 1110. The molecule has 0 spiro atoms. The van der Waals surface area contributed by atoms with Crippen LogP contribution in [0.1, 0.15) is 36.3 Å². The SMILES string of the molecule is CCCOc1ccc(/C(O)=C2/C(=O)C(=O)N(c3ccc(C)cc3)C2c2ccco2)cc1. The van der Waals surface area contributed by atoms with E-state index in [0.717, 1.165) is 12.0 Å². The first-order valence-electron chi connectivity index (χ1n) is 10.2. The Hall–Kier alpha value is -3.80. The van der Waals surface area contributed by atoms with Gasteiger partial charge in [-0.05, 0) is 61.9 Å². The number of carbonyl (C=O) groups excluding carboxylic acids is 2. The average Bonchev–Trinajstić information content (AvgIpc) is 3.40. The third kappa shape index (κ3) is 3.84. The van der Waals surface area contributed by atoms with Crippen molar-refractivity contribution in [3.8, 4) is 5.75 Å². The predicted molar refractivity (Wildman–Crippen MR) is 117 cm³/mol. The van der Waals surface area contributed by atoms with Gasteiger partial charge in [-0.15, -0.1) is 0 Å². The number of Topliss-reactive ketones (excluding diaryl/α,β-unsaturated/α-hetero) is 1. The zero-order chi connectivity index (χ0) is 22.0. The van der Waals surface area contributed by atoms with E-state index in [9.17, 15) is 14.7 Å². The number of ketones is 1. The lowest BCUT2D eigenvalue weighted by Crippen LogP contribution is -2.29. The Labute approximate surface area is 180 Å². The number of ether oxygens (including phenoxy) is 1. The molecule has 0 radical (unpaired) electrons. The first-order valence-corrected chi connectivity index (χ1v) is 10.2. The molecule has 1 fully saturated rings. The molecular weight excluding hydrogens is 394 g/mol. The lowest BCUT2D eigenvalue weighted by molar-refractivity contribution is -0.132. The van der Waals surface area contributed by atoms with Crippen LogP contribution < -0.4 is 9.64 Å². The van der Waals surface area contributed by atoms with E-state index >= 15 is 0 Å². The monoisotopic (exact) mass is 417 g/mol. The van der Waals surface area contributed by atoms with Crippen LogP contribution in [0.3, 0.4) is 0 Å². The highest BCUT2D eigenvalue weighted by atomic mass is 16.5. The van der Waals surface area contributed by atoms with E-state index in [0.29, 0.717) is 29.4 Å². The van der Waals surface area contributed by atoms with Gasteiger partial charge in [-0.25, -0.2) is 0 Å². The fraction of sp³-hybridized carbons (Fsp3) is 0.200. The van der Waals surface area contributed by atoms with E-state index in [1.165, 1.54) is 11.2 Å². The predicted octanol–water partition coefficient (Wildman–Crippen LogP) is 5.00. The van der Waals surface area contributed by atoms with Crippen LogP contribution in [0.2, 0.25) is 0 Å². The third-order valence-electron chi connectivity index (χ3n) is 5.17. The van der Waals surface area contributed by atoms with Gasteiger partial charge in [-0.1, -0.05) is 24.6 Å². The summed E-state index contributed by atoms with van der Waals surface area (Å²) in [6.45, 7) is 4.54. The number of furan rings is 1. The molecule has 1 amide bonds. The van der Waals surface area contributed by atoms with Crippen molar-refractivity contribution in [2.24, 2.45) is 0 Å². The number of carbonyl (C=O) groups is 2. The standard InChI is InChI=1S/C25H23NO5/c1-3-14-30-19-12-8-17(9-13-19)23(27)21-22(20-5-4-15-31-20)26(25(29)24(21)28)18-10-6-16(2)7-11-18/h4-13,15,22,27H,3,14H2,1-2H3/b23-21-. The van der Waals surface area contributed by atoms with Gasteiger partial charge in [0.05, 0.1) is 18.4 Å². The van der Waals surface area contributed by atoms with Crippen LogP contribution in [0, 0.1) is 6.92 Å². The van der Waals surface area contributed by atoms with Gasteiger partial charge in [0.25, 0.3) is 11.7 Å². The maximum Gasteiger partial charge on any atom is 0.300 e. The van der Waals surface area contributed by atoms with E-state index in [1.54, 1.807) is 48.5 Å². The smallest absolute Gasteiger partial charge is 0.300 e. The van der Waals surface area contributed by atoms with Crippen LogP contribution in [0.25, 0.3) is 5.76 Å². The van der Waals surface area contributed by atoms with Crippen LogP contribution in [0.4, 0.5) is 5.69 Å². The fourth-order valence-corrected chi connectivity index (χ4v) is 3.60. The van der Waals surface area contributed by atoms with Crippen molar-refractivity contribution in [1.82, 2.24) is 0 Å². The molecule has 1 N–H and O–H groups in total. The summed E-state index contributed by atoms with van der Waals surface area (Å²) < 4.78 is 11.1. The van der Waals surface area contributed by atoms with Crippen LogP contribution in [-0.2, 0) is 9.59 Å². The molecule has 6 heteroatoms. The minimum atomic E-state index is -0.867. The van der Waals surface area contributed by atoms with Crippen LogP contribution in [-0.4, -0.2) is 23.4 Å². The Morgan fingerprint density at radius 3 is 2.39 bits per heavy atom. The van der Waals surface area contributed by atoms with Gasteiger partial charge >= 0.3 is 0 Å². The Morgan fingerprint density at radius 2 is 1.77 bits per heavy atom. The second-order valence-corrected chi connectivity index (χ2v) is 7.39. The number of aliphatic hydroxyl groups excluding tert-OH is 1.